The molecule has 0 spiro atoms. The zero-order valence-corrected chi connectivity index (χ0v) is 12.3. The van der Waals surface area contributed by atoms with E-state index in [1.807, 2.05) is 17.9 Å². The lowest BCUT2D eigenvalue weighted by Gasteiger charge is -2.22. The number of aromatic nitrogens is 2. The minimum atomic E-state index is 0.279. The molecule has 1 atom stereocenters. The zero-order chi connectivity index (χ0) is 13.7. The van der Waals surface area contributed by atoms with Crippen LogP contribution >= 0.6 is 0 Å². The van der Waals surface area contributed by atoms with Gasteiger partial charge in [0, 0.05) is 6.54 Å². The Morgan fingerprint density at radius 2 is 2.32 bits per heavy atom. The molecule has 1 unspecified atom stereocenters. The van der Waals surface area contributed by atoms with Gasteiger partial charge in [0.15, 0.2) is 5.75 Å². The Kier molecular flexibility index (Phi) is 5.02. The largest absolute Gasteiger partial charge is 0.493 e. The maximum absolute atomic E-state index is 5.46. The van der Waals surface area contributed by atoms with Crippen molar-refractivity contribution in [3.05, 3.63) is 23.5 Å². The van der Waals surface area contributed by atoms with Crippen LogP contribution in [0.25, 0.3) is 0 Å². The van der Waals surface area contributed by atoms with E-state index in [0.29, 0.717) is 0 Å². The number of aryl methyl sites for hydroxylation is 1. The van der Waals surface area contributed by atoms with E-state index in [4.69, 9.17) is 4.74 Å². The maximum atomic E-state index is 5.46. The Labute approximate surface area is 115 Å². The summed E-state index contributed by atoms with van der Waals surface area (Å²) in [5.74, 6) is 0.887. The highest BCUT2D eigenvalue weighted by Gasteiger charge is 2.21. The van der Waals surface area contributed by atoms with Gasteiger partial charge in [-0.1, -0.05) is 11.6 Å². The molecule has 0 saturated carbocycles. The fraction of sp³-hybridized carbons (Fsp3) is 0.667. The van der Waals surface area contributed by atoms with E-state index in [2.05, 4.69) is 23.4 Å². The van der Waals surface area contributed by atoms with Crippen LogP contribution in [-0.2, 0) is 6.54 Å². The number of nitrogens with one attached hydrogen (secondary N) is 1. The van der Waals surface area contributed by atoms with E-state index in [0.717, 1.165) is 18.7 Å². The molecule has 1 heterocycles. The monoisotopic (exact) mass is 263 g/mol. The lowest BCUT2D eigenvalue weighted by molar-refractivity contribution is 0.393. The second kappa shape index (κ2) is 6.75. The van der Waals surface area contributed by atoms with Crippen LogP contribution in [0.5, 0.6) is 5.75 Å². The molecule has 0 saturated heterocycles. The highest BCUT2D eigenvalue weighted by molar-refractivity contribution is 5.29. The lowest BCUT2D eigenvalue weighted by atomic mass is 9.93. The molecule has 0 amide bonds. The van der Waals surface area contributed by atoms with Crippen molar-refractivity contribution in [2.45, 2.75) is 51.6 Å². The molecule has 1 aliphatic rings. The number of ether oxygens (including phenoxy) is 1. The van der Waals surface area contributed by atoms with Crippen LogP contribution in [0.3, 0.4) is 0 Å². The molecule has 2 rings (SSSR count). The Morgan fingerprint density at radius 1 is 1.47 bits per heavy atom. The highest BCUT2D eigenvalue weighted by atomic mass is 16.5. The van der Waals surface area contributed by atoms with Crippen LogP contribution in [0, 0.1) is 0 Å². The summed E-state index contributed by atoms with van der Waals surface area (Å²) in [6, 6.07) is 0.279. The molecule has 4 heteroatoms. The fourth-order valence-corrected chi connectivity index (χ4v) is 2.83. The number of methoxy groups -OCH3 is 1. The van der Waals surface area contributed by atoms with E-state index in [1.165, 1.54) is 31.4 Å². The third-order valence-electron chi connectivity index (χ3n) is 3.89. The first-order valence-corrected chi connectivity index (χ1v) is 7.25. The Hall–Kier alpha value is -1.29. The maximum Gasteiger partial charge on any atom is 0.161 e. The van der Waals surface area contributed by atoms with E-state index < -0.39 is 0 Å². The number of nitrogens with zero attached hydrogens (tertiary/aromatic N) is 2. The van der Waals surface area contributed by atoms with Crippen molar-refractivity contribution in [3.8, 4) is 5.75 Å². The minimum Gasteiger partial charge on any atom is -0.493 e. The highest BCUT2D eigenvalue weighted by Crippen LogP contribution is 2.32. The summed E-state index contributed by atoms with van der Waals surface area (Å²) >= 11 is 0. The average molecular weight is 263 g/mol. The third kappa shape index (κ3) is 3.18. The number of hydrogen-bond acceptors (Lipinski definition) is 3. The van der Waals surface area contributed by atoms with Gasteiger partial charge in [0.1, 0.15) is 0 Å². The van der Waals surface area contributed by atoms with Crippen LogP contribution in [0.4, 0.5) is 0 Å². The van der Waals surface area contributed by atoms with Crippen LogP contribution < -0.4 is 10.1 Å². The van der Waals surface area contributed by atoms with E-state index in [-0.39, 0.29) is 6.04 Å². The molecule has 106 valence electrons. The molecular weight excluding hydrogens is 238 g/mol. The predicted octanol–water partition coefficient (Wildman–Crippen LogP) is 3.06. The smallest absolute Gasteiger partial charge is 0.161 e. The van der Waals surface area contributed by atoms with E-state index >= 15 is 0 Å². The quantitative estimate of drug-likeness (QED) is 0.802. The van der Waals surface area contributed by atoms with Gasteiger partial charge >= 0.3 is 0 Å². The standard InChI is InChI=1S/C15H25N3O/c1-4-18-15(14(19-3)11-17-18)13(16-2)10-12-8-6-5-7-9-12/h8,11,13,16H,4-7,9-10H2,1-3H3. The third-order valence-corrected chi connectivity index (χ3v) is 3.89. The van der Waals surface area contributed by atoms with Gasteiger partial charge in [-0.2, -0.15) is 5.10 Å². The van der Waals surface area contributed by atoms with Crippen LogP contribution in [0.2, 0.25) is 0 Å². The fourth-order valence-electron chi connectivity index (χ4n) is 2.83. The summed E-state index contributed by atoms with van der Waals surface area (Å²) in [5, 5.41) is 7.82. The average Bonchev–Trinajstić information content (AvgIpc) is 2.88. The first-order valence-electron chi connectivity index (χ1n) is 7.25. The van der Waals surface area contributed by atoms with Gasteiger partial charge in [0.2, 0.25) is 0 Å². The Balaban J connectivity index is 2.20. The van der Waals surface area contributed by atoms with Gasteiger partial charge < -0.3 is 10.1 Å². The first-order chi connectivity index (χ1) is 9.30. The van der Waals surface area contributed by atoms with Crippen molar-refractivity contribution < 1.29 is 4.74 Å². The van der Waals surface area contributed by atoms with Crippen molar-refractivity contribution in [3.63, 3.8) is 0 Å². The molecule has 0 fully saturated rings. The number of hydrogen-bond donors (Lipinski definition) is 1. The van der Waals surface area contributed by atoms with Crippen molar-refractivity contribution >= 4 is 0 Å². The van der Waals surface area contributed by atoms with Gasteiger partial charge in [-0.3, -0.25) is 4.68 Å². The van der Waals surface area contributed by atoms with Crippen molar-refractivity contribution in [2.75, 3.05) is 14.2 Å². The second-order valence-electron chi connectivity index (χ2n) is 5.07. The summed E-state index contributed by atoms with van der Waals surface area (Å²) < 4.78 is 7.49. The van der Waals surface area contributed by atoms with Gasteiger partial charge in [0.25, 0.3) is 0 Å². The SMILES string of the molecule is CCn1ncc(OC)c1C(CC1=CCCCC1)NC. The molecule has 19 heavy (non-hydrogen) atoms. The molecule has 0 radical (unpaired) electrons. The molecule has 0 bridgehead atoms. The van der Waals surface area contributed by atoms with Crippen LogP contribution in [-0.4, -0.2) is 23.9 Å². The Bertz CT molecular complexity index is 415. The number of rotatable bonds is 6. The molecule has 4 nitrogen and oxygen atoms in total. The predicted molar refractivity (Wildman–Crippen MR) is 77.4 cm³/mol. The molecule has 1 aromatic rings. The van der Waals surface area contributed by atoms with Crippen LogP contribution in [0.1, 0.15) is 50.8 Å². The van der Waals surface area contributed by atoms with Gasteiger partial charge in [0.05, 0.1) is 25.0 Å². The van der Waals surface area contributed by atoms with Gasteiger partial charge in [-0.05, 0) is 46.1 Å². The van der Waals surface area contributed by atoms with E-state index in [1.54, 1.807) is 12.7 Å². The summed E-state index contributed by atoms with van der Waals surface area (Å²) in [5.41, 5.74) is 2.73. The summed E-state index contributed by atoms with van der Waals surface area (Å²) in [4.78, 5) is 0. The zero-order valence-electron chi connectivity index (χ0n) is 12.3. The van der Waals surface area contributed by atoms with Crippen molar-refractivity contribution in [1.29, 1.82) is 0 Å². The molecule has 1 N–H and O–H groups in total. The molecule has 0 aromatic carbocycles. The number of allylic oxidation sites excluding steroid dienone is 1. The molecular formula is C15H25N3O. The summed E-state index contributed by atoms with van der Waals surface area (Å²) in [6.07, 6.45) is 10.4. The molecule has 1 aliphatic carbocycles. The molecule has 0 aliphatic heterocycles. The summed E-state index contributed by atoms with van der Waals surface area (Å²) in [6.45, 7) is 2.98. The van der Waals surface area contributed by atoms with Gasteiger partial charge in [-0.15, -0.1) is 0 Å². The normalized spacial score (nSPS) is 17.1. The van der Waals surface area contributed by atoms with Crippen LogP contribution in [0.15, 0.2) is 17.8 Å². The van der Waals surface area contributed by atoms with Crippen molar-refractivity contribution in [2.24, 2.45) is 0 Å². The Morgan fingerprint density at radius 3 is 2.89 bits per heavy atom. The molecule has 1 aromatic heterocycles. The van der Waals surface area contributed by atoms with E-state index in [9.17, 15) is 0 Å². The lowest BCUT2D eigenvalue weighted by Crippen LogP contribution is -2.22. The van der Waals surface area contributed by atoms with Crippen molar-refractivity contribution in [1.82, 2.24) is 15.1 Å². The van der Waals surface area contributed by atoms with Gasteiger partial charge in [-0.25, -0.2) is 0 Å². The first kappa shape index (κ1) is 14.1. The summed E-state index contributed by atoms with van der Waals surface area (Å²) in [7, 11) is 3.73. The topological polar surface area (TPSA) is 39.1 Å². The minimum absolute atomic E-state index is 0.279. The second-order valence-corrected chi connectivity index (χ2v) is 5.07.